The summed E-state index contributed by atoms with van der Waals surface area (Å²) in [6, 6.07) is 3.82. The van der Waals surface area contributed by atoms with E-state index in [1.165, 1.54) is 11.3 Å². The topological polar surface area (TPSA) is 33.1 Å². The minimum atomic E-state index is 0.290. The number of nitrogens with one attached hydrogen (secondary N) is 1. The molecule has 0 saturated heterocycles. The standard InChI is InChI=1S/C9H13NOS/c1-7(2)6-11-9(10)8-4-3-5-12-8/h3-5,7,10H,6H2,1-2H3. The monoisotopic (exact) mass is 183 g/mol. The van der Waals surface area contributed by atoms with Crippen molar-refractivity contribution in [3.8, 4) is 0 Å². The Morgan fingerprint density at radius 3 is 2.92 bits per heavy atom. The third kappa shape index (κ3) is 2.66. The number of thiophene rings is 1. The van der Waals surface area contributed by atoms with Crippen LogP contribution in [0.5, 0.6) is 0 Å². The summed E-state index contributed by atoms with van der Waals surface area (Å²) in [5.41, 5.74) is 0. The van der Waals surface area contributed by atoms with Crippen LogP contribution >= 0.6 is 11.3 Å². The maximum atomic E-state index is 7.53. The Kier molecular flexibility index (Phi) is 3.29. The van der Waals surface area contributed by atoms with Crippen LogP contribution in [0.2, 0.25) is 0 Å². The molecule has 0 spiro atoms. The molecule has 1 heterocycles. The average Bonchev–Trinajstić information content (AvgIpc) is 2.51. The normalized spacial score (nSPS) is 10.2. The van der Waals surface area contributed by atoms with E-state index < -0.39 is 0 Å². The molecule has 0 aliphatic rings. The molecule has 0 atom stereocenters. The minimum Gasteiger partial charge on any atom is -0.477 e. The Labute approximate surface area is 76.7 Å². The Bertz CT molecular complexity index is 241. The smallest absolute Gasteiger partial charge is 0.223 e. The van der Waals surface area contributed by atoms with Crippen LogP contribution in [0.1, 0.15) is 18.7 Å². The van der Waals surface area contributed by atoms with Crippen molar-refractivity contribution in [1.29, 1.82) is 5.41 Å². The van der Waals surface area contributed by atoms with Gasteiger partial charge in [-0.05, 0) is 17.4 Å². The summed E-state index contributed by atoms with van der Waals surface area (Å²) >= 11 is 1.53. The quantitative estimate of drug-likeness (QED) is 0.567. The summed E-state index contributed by atoms with van der Waals surface area (Å²) in [6.07, 6.45) is 0. The maximum absolute atomic E-state index is 7.53. The van der Waals surface area contributed by atoms with Gasteiger partial charge in [0.2, 0.25) is 5.90 Å². The minimum absolute atomic E-state index is 0.290. The van der Waals surface area contributed by atoms with Crippen LogP contribution in [-0.2, 0) is 4.74 Å². The summed E-state index contributed by atoms with van der Waals surface area (Å²) in [5.74, 6) is 0.768. The summed E-state index contributed by atoms with van der Waals surface area (Å²) in [6.45, 7) is 4.76. The van der Waals surface area contributed by atoms with E-state index in [-0.39, 0.29) is 0 Å². The predicted molar refractivity (Wildman–Crippen MR) is 51.9 cm³/mol. The number of hydrogen-bond donors (Lipinski definition) is 1. The lowest BCUT2D eigenvalue weighted by molar-refractivity contribution is 0.258. The maximum Gasteiger partial charge on any atom is 0.223 e. The number of rotatable bonds is 3. The van der Waals surface area contributed by atoms with Gasteiger partial charge in [-0.3, -0.25) is 5.41 Å². The molecule has 0 bridgehead atoms. The molecule has 3 heteroatoms. The Balaban J connectivity index is 2.40. The van der Waals surface area contributed by atoms with E-state index in [1.807, 2.05) is 17.5 Å². The molecule has 0 unspecified atom stereocenters. The molecule has 1 aromatic rings. The second-order valence-electron chi connectivity index (χ2n) is 3.01. The summed E-state index contributed by atoms with van der Waals surface area (Å²) in [4.78, 5) is 0.899. The third-order valence-electron chi connectivity index (χ3n) is 1.31. The zero-order valence-corrected chi connectivity index (χ0v) is 8.15. The molecular weight excluding hydrogens is 170 g/mol. The zero-order chi connectivity index (χ0) is 8.97. The van der Waals surface area contributed by atoms with Gasteiger partial charge >= 0.3 is 0 Å². The third-order valence-corrected chi connectivity index (χ3v) is 2.17. The van der Waals surface area contributed by atoms with Crippen LogP contribution in [0.25, 0.3) is 0 Å². The van der Waals surface area contributed by atoms with Gasteiger partial charge in [0, 0.05) is 0 Å². The zero-order valence-electron chi connectivity index (χ0n) is 7.33. The molecular formula is C9H13NOS. The fourth-order valence-corrected chi connectivity index (χ4v) is 1.36. The molecule has 1 aromatic heterocycles. The van der Waals surface area contributed by atoms with Gasteiger partial charge in [0.25, 0.3) is 0 Å². The van der Waals surface area contributed by atoms with Crippen LogP contribution in [0.4, 0.5) is 0 Å². The van der Waals surface area contributed by atoms with Crippen LogP contribution in [0, 0.1) is 11.3 Å². The molecule has 66 valence electrons. The Hall–Kier alpha value is -0.830. The van der Waals surface area contributed by atoms with Crippen molar-refractivity contribution in [2.45, 2.75) is 13.8 Å². The van der Waals surface area contributed by atoms with Crippen molar-refractivity contribution in [2.75, 3.05) is 6.61 Å². The van der Waals surface area contributed by atoms with E-state index in [9.17, 15) is 0 Å². The second-order valence-corrected chi connectivity index (χ2v) is 3.96. The summed E-state index contributed by atoms with van der Waals surface area (Å²) in [5, 5.41) is 9.47. The summed E-state index contributed by atoms with van der Waals surface area (Å²) < 4.78 is 5.24. The lowest BCUT2D eigenvalue weighted by Crippen LogP contribution is -2.08. The fourth-order valence-electron chi connectivity index (χ4n) is 0.729. The van der Waals surface area contributed by atoms with Gasteiger partial charge in [-0.2, -0.15) is 0 Å². The first kappa shape index (κ1) is 9.26. The molecule has 0 fully saturated rings. The molecule has 0 radical (unpaired) electrons. The first-order valence-corrected chi connectivity index (χ1v) is 4.83. The molecule has 2 nitrogen and oxygen atoms in total. The Morgan fingerprint density at radius 2 is 2.42 bits per heavy atom. The van der Waals surface area contributed by atoms with E-state index in [0.717, 1.165) is 4.88 Å². The van der Waals surface area contributed by atoms with Gasteiger partial charge in [-0.15, -0.1) is 11.3 Å². The predicted octanol–water partition coefficient (Wildman–Crippen LogP) is 2.75. The first-order chi connectivity index (χ1) is 5.70. The Morgan fingerprint density at radius 1 is 1.67 bits per heavy atom. The first-order valence-electron chi connectivity index (χ1n) is 3.95. The molecule has 0 saturated carbocycles. The van der Waals surface area contributed by atoms with E-state index in [0.29, 0.717) is 18.4 Å². The molecule has 0 aliphatic carbocycles. The largest absolute Gasteiger partial charge is 0.477 e. The van der Waals surface area contributed by atoms with Crippen molar-refractivity contribution in [3.05, 3.63) is 22.4 Å². The van der Waals surface area contributed by atoms with Crippen LogP contribution in [0.15, 0.2) is 17.5 Å². The molecule has 12 heavy (non-hydrogen) atoms. The summed E-state index contributed by atoms with van der Waals surface area (Å²) in [7, 11) is 0. The van der Waals surface area contributed by atoms with Crippen molar-refractivity contribution >= 4 is 17.2 Å². The number of hydrogen-bond acceptors (Lipinski definition) is 3. The number of ether oxygens (including phenoxy) is 1. The van der Waals surface area contributed by atoms with E-state index in [2.05, 4.69) is 13.8 Å². The van der Waals surface area contributed by atoms with Crippen molar-refractivity contribution in [3.63, 3.8) is 0 Å². The van der Waals surface area contributed by atoms with Gasteiger partial charge in [-0.1, -0.05) is 19.9 Å². The highest BCUT2D eigenvalue weighted by Crippen LogP contribution is 2.10. The fraction of sp³-hybridized carbons (Fsp3) is 0.444. The lowest BCUT2D eigenvalue weighted by Gasteiger charge is -2.07. The molecule has 0 amide bonds. The van der Waals surface area contributed by atoms with Gasteiger partial charge < -0.3 is 4.74 Å². The molecule has 1 N–H and O–H groups in total. The molecule has 0 aromatic carbocycles. The SMILES string of the molecule is CC(C)COC(=N)c1cccs1. The van der Waals surface area contributed by atoms with E-state index in [4.69, 9.17) is 10.1 Å². The molecule has 1 rings (SSSR count). The average molecular weight is 183 g/mol. The van der Waals surface area contributed by atoms with Gasteiger partial charge in [-0.25, -0.2) is 0 Å². The van der Waals surface area contributed by atoms with E-state index >= 15 is 0 Å². The van der Waals surface area contributed by atoms with Crippen LogP contribution in [-0.4, -0.2) is 12.5 Å². The van der Waals surface area contributed by atoms with Gasteiger partial charge in [0.1, 0.15) is 0 Å². The molecule has 0 aliphatic heterocycles. The highest BCUT2D eigenvalue weighted by atomic mass is 32.1. The van der Waals surface area contributed by atoms with Crippen molar-refractivity contribution < 1.29 is 4.74 Å². The van der Waals surface area contributed by atoms with Gasteiger partial charge in [0.15, 0.2) is 0 Å². The lowest BCUT2D eigenvalue weighted by atomic mass is 10.2. The van der Waals surface area contributed by atoms with Crippen LogP contribution in [0.3, 0.4) is 0 Å². The highest BCUT2D eigenvalue weighted by molar-refractivity contribution is 7.12. The van der Waals surface area contributed by atoms with Gasteiger partial charge in [0.05, 0.1) is 11.5 Å². The van der Waals surface area contributed by atoms with Crippen LogP contribution < -0.4 is 0 Å². The van der Waals surface area contributed by atoms with Crippen molar-refractivity contribution in [2.24, 2.45) is 5.92 Å². The van der Waals surface area contributed by atoms with Crippen molar-refractivity contribution in [1.82, 2.24) is 0 Å². The highest BCUT2D eigenvalue weighted by Gasteiger charge is 2.03. The second kappa shape index (κ2) is 4.26. The van der Waals surface area contributed by atoms with E-state index in [1.54, 1.807) is 0 Å².